The van der Waals surface area contributed by atoms with Crippen LogP contribution in [0.3, 0.4) is 0 Å². The third-order valence-electron chi connectivity index (χ3n) is 3.74. The zero-order valence-corrected chi connectivity index (χ0v) is 19.5. The highest BCUT2D eigenvalue weighted by Gasteiger charge is 2.11. The van der Waals surface area contributed by atoms with E-state index in [0.717, 1.165) is 21.8 Å². The molecule has 1 aromatic carbocycles. The Balaban J connectivity index is 0.00000338. The van der Waals surface area contributed by atoms with Crippen LogP contribution in [0.5, 0.6) is 0 Å². The van der Waals surface area contributed by atoms with Crippen molar-refractivity contribution in [1.29, 1.82) is 0 Å². The van der Waals surface area contributed by atoms with E-state index in [-0.39, 0.29) is 24.0 Å². The van der Waals surface area contributed by atoms with Crippen molar-refractivity contribution in [2.24, 2.45) is 4.99 Å². The Kier molecular flexibility index (Phi) is 8.48. The molecule has 2 rings (SSSR count). The van der Waals surface area contributed by atoms with Gasteiger partial charge >= 0.3 is 0 Å². The standard InChI is InChI=1S/C17H24N4O2S2.HI/c1-11-8-14(6-7-16(11)25(5,22)23)9-19-17(18-4)20-10-15-12(2)21-13(3)24-15;/h6-8H,9-10H2,1-5H3,(H2,18,19,20);1H. The van der Waals surface area contributed by atoms with Gasteiger partial charge in [0.1, 0.15) is 0 Å². The second-order valence-electron chi connectivity index (χ2n) is 5.89. The van der Waals surface area contributed by atoms with Gasteiger partial charge in [-0.05, 0) is 38.0 Å². The van der Waals surface area contributed by atoms with Crippen molar-refractivity contribution in [1.82, 2.24) is 15.6 Å². The van der Waals surface area contributed by atoms with Crippen molar-refractivity contribution in [3.8, 4) is 0 Å². The molecular formula is C17H25IN4O2S2. The van der Waals surface area contributed by atoms with E-state index < -0.39 is 9.84 Å². The van der Waals surface area contributed by atoms with Gasteiger partial charge in [-0.15, -0.1) is 35.3 Å². The lowest BCUT2D eigenvalue weighted by Crippen LogP contribution is -2.36. The number of hydrogen-bond acceptors (Lipinski definition) is 5. The molecule has 6 nitrogen and oxygen atoms in total. The van der Waals surface area contributed by atoms with Crippen LogP contribution in [0.25, 0.3) is 0 Å². The van der Waals surface area contributed by atoms with Gasteiger partial charge in [-0.3, -0.25) is 4.99 Å². The van der Waals surface area contributed by atoms with Gasteiger partial charge in [0.05, 0.1) is 22.1 Å². The molecule has 0 amide bonds. The van der Waals surface area contributed by atoms with Crippen LogP contribution in [0.2, 0.25) is 0 Å². The zero-order chi connectivity index (χ0) is 18.6. The summed E-state index contributed by atoms with van der Waals surface area (Å²) in [6.07, 6.45) is 1.22. The molecule has 26 heavy (non-hydrogen) atoms. The minimum absolute atomic E-state index is 0. The van der Waals surface area contributed by atoms with Gasteiger partial charge in [0.25, 0.3) is 0 Å². The lowest BCUT2D eigenvalue weighted by atomic mass is 10.1. The van der Waals surface area contributed by atoms with E-state index in [4.69, 9.17) is 0 Å². The topological polar surface area (TPSA) is 83.5 Å². The fraction of sp³-hybridized carbons (Fsp3) is 0.412. The highest BCUT2D eigenvalue weighted by molar-refractivity contribution is 14.0. The normalized spacial score (nSPS) is 11.8. The van der Waals surface area contributed by atoms with E-state index in [1.54, 1.807) is 24.5 Å². The molecule has 0 aliphatic heterocycles. The minimum atomic E-state index is -3.19. The van der Waals surface area contributed by atoms with Crippen molar-refractivity contribution < 1.29 is 8.42 Å². The summed E-state index contributed by atoms with van der Waals surface area (Å²) in [5.74, 6) is 0.690. The van der Waals surface area contributed by atoms with E-state index in [0.29, 0.717) is 23.9 Å². The van der Waals surface area contributed by atoms with E-state index in [1.165, 1.54) is 11.1 Å². The minimum Gasteiger partial charge on any atom is -0.352 e. The molecule has 0 atom stereocenters. The number of hydrogen-bond donors (Lipinski definition) is 2. The lowest BCUT2D eigenvalue weighted by Gasteiger charge is -2.12. The third kappa shape index (κ3) is 6.20. The highest BCUT2D eigenvalue weighted by atomic mass is 127. The van der Waals surface area contributed by atoms with Crippen LogP contribution in [0.4, 0.5) is 0 Å². The van der Waals surface area contributed by atoms with Crippen LogP contribution >= 0.6 is 35.3 Å². The SMILES string of the molecule is CN=C(NCc1ccc(S(C)(=O)=O)c(C)c1)NCc1sc(C)nc1C.I. The molecule has 9 heteroatoms. The summed E-state index contributed by atoms with van der Waals surface area (Å²) >= 11 is 1.67. The van der Waals surface area contributed by atoms with Gasteiger partial charge in [-0.1, -0.05) is 12.1 Å². The number of aliphatic imine (C=N–C) groups is 1. The summed E-state index contributed by atoms with van der Waals surface area (Å²) in [6, 6.07) is 5.36. The van der Waals surface area contributed by atoms with Gasteiger partial charge in [0.2, 0.25) is 0 Å². The second-order valence-corrected chi connectivity index (χ2v) is 9.16. The van der Waals surface area contributed by atoms with E-state index in [9.17, 15) is 8.42 Å². The molecule has 0 aliphatic rings. The monoisotopic (exact) mass is 508 g/mol. The summed E-state index contributed by atoms with van der Waals surface area (Å²) in [5, 5.41) is 7.57. The fourth-order valence-corrected chi connectivity index (χ4v) is 4.38. The predicted octanol–water partition coefficient (Wildman–Crippen LogP) is 2.96. The highest BCUT2D eigenvalue weighted by Crippen LogP contribution is 2.17. The molecule has 0 saturated carbocycles. The van der Waals surface area contributed by atoms with Crippen molar-refractivity contribution in [3.05, 3.63) is 44.9 Å². The number of guanidine groups is 1. The van der Waals surface area contributed by atoms with E-state index in [2.05, 4.69) is 20.6 Å². The molecule has 2 aromatic rings. The molecule has 0 fully saturated rings. The van der Waals surface area contributed by atoms with Gasteiger partial charge in [-0.2, -0.15) is 0 Å². The Morgan fingerprint density at radius 2 is 1.85 bits per heavy atom. The smallest absolute Gasteiger partial charge is 0.191 e. The number of aryl methyl sites for hydroxylation is 3. The quantitative estimate of drug-likeness (QED) is 0.369. The van der Waals surface area contributed by atoms with E-state index >= 15 is 0 Å². The molecular weight excluding hydrogens is 483 g/mol. The molecule has 0 unspecified atom stereocenters. The Hall–Kier alpha value is -1.20. The van der Waals surface area contributed by atoms with Crippen LogP contribution in [0.15, 0.2) is 28.1 Å². The Morgan fingerprint density at radius 3 is 2.35 bits per heavy atom. The first-order chi connectivity index (χ1) is 11.7. The molecule has 0 spiro atoms. The Bertz CT molecular complexity index is 892. The van der Waals surface area contributed by atoms with Crippen molar-refractivity contribution in [2.75, 3.05) is 13.3 Å². The summed E-state index contributed by atoms with van der Waals surface area (Å²) in [4.78, 5) is 10.2. The van der Waals surface area contributed by atoms with Crippen LogP contribution in [-0.2, 0) is 22.9 Å². The van der Waals surface area contributed by atoms with Crippen LogP contribution < -0.4 is 10.6 Å². The Morgan fingerprint density at radius 1 is 1.19 bits per heavy atom. The number of nitrogens with one attached hydrogen (secondary N) is 2. The number of rotatable bonds is 5. The molecule has 0 aliphatic carbocycles. The second kappa shape index (κ2) is 9.65. The molecule has 0 bridgehead atoms. The average Bonchev–Trinajstić information content (AvgIpc) is 2.84. The van der Waals surface area contributed by atoms with Gasteiger partial charge < -0.3 is 10.6 Å². The first kappa shape index (κ1) is 22.8. The van der Waals surface area contributed by atoms with Crippen LogP contribution in [0, 0.1) is 20.8 Å². The molecule has 1 heterocycles. The zero-order valence-electron chi connectivity index (χ0n) is 15.6. The average molecular weight is 508 g/mol. The van der Waals surface area contributed by atoms with Gasteiger partial charge in [0, 0.05) is 24.7 Å². The summed E-state index contributed by atoms with van der Waals surface area (Å²) in [6.45, 7) is 7.04. The number of benzene rings is 1. The molecule has 0 saturated heterocycles. The summed E-state index contributed by atoms with van der Waals surface area (Å²) < 4.78 is 23.4. The predicted molar refractivity (Wildman–Crippen MR) is 118 cm³/mol. The number of sulfone groups is 1. The number of halogens is 1. The van der Waals surface area contributed by atoms with Crippen LogP contribution in [-0.4, -0.2) is 32.7 Å². The van der Waals surface area contributed by atoms with Gasteiger partial charge in [-0.25, -0.2) is 13.4 Å². The van der Waals surface area contributed by atoms with E-state index in [1.807, 2.05) is 32.9 Å². The Labute approximate surface area is 176 Å². The van der Waals surface area contributed by atoms with Crippen LogP contribution in [0.1, 0.15) is 26.7 Å². The third-order valence-corrected chi connectivity index (χ3v) is 6.07. The maximum absolute atomic E-state index is 11.7. The van der Waals surface area contributed by atoms with Crippen molar-refractivity contribution in [2.45, 2.75) is 38.8 Å². The summed E-state index contributed by atoms with van der Waals surface area (Å²) in [5.41, 5.74) is 2.79. The number of aromatic nitrogens is 1. The first-order valence-corrected chi connectivity index (χ1v) is 10.6. The fourth-order valence-electron chi connectivity index (χ4n) is 2.55. The largest absolute Gasteiger partial charge is 0.352 e. The summed E-state index contributed by atoms with van der Waals surface area (Å²) in [7, 11) is -1.47. The molecule has 2 N–H and O–H groups in total. The van der Waals surface area contributed by atoms with Gasteiger partial charge in [0.15, 0.2) is 15.8 Å². The van der Waals surface area contributed by atoms with Crippen molar-refractivity contribution in [3.63, 3.8) is 0 Å². The maximum atomic E-state index is 11.7. The van der Waals surface area contributed by atoms with Crippen molar-refractivity contribution >= 4 is 51.1 Å². The number of thiazole rings is 1. The number of nitrogens with zero attached hydrogens (tertiary/aromatic N) is 2. The molecule has 144 valence electrons. The first-order valence-electron chi connectivity index (χ1n) is 7.87. The molecule has 0 radical (unpaired) electrons. The maximum Gasteiger partial charge on any atom is 0.191 e. The lowest BCUT2D eigenvalue weighted by molar-refractivity contribution is 0.601. The molecule has 1 aromatic heterocycles.